The first-order valence-electron chi connectivity index (χ1n) is 9.76. The van der Waals surface area contributed by atoms with E-state index in [1.807, 2.05) is 18.2 Å². The lowest BCUT2D eigenvalue weighted by Crippen LogP contribution is -1.99. The number of para-hydroxylation sites is 1. The fourth-order valence-corrected chi connectivity index (χ4v) is 5.36. The number of H-pyrrole nitrogens is 1. The quantitative estimate of drug-likeness (QED) is 0.219. The van der Waals surface area contributed by atoms with E-state index in [0.29, 0.717) is 9.71 Å². The molecule has 2 heterocycles. The Morgan fingerprint density at radius 2 is 1.45 bits per heavy atom. The van der Waals surface area contributed by atoms with Crippen LogP contribution in [-0.2, 0) is 5.75 Å². The van der Waals surface area contributed by atoms with Gasteiger partial charge in [-0.1, -0.05) is 102 Å². The minimum atomic E-state index is 0.692. The highest BCUT2D eigenvalue weighted by Crippen LogP contribution is 2.38. The van der Waals surface area contributed by atoms with Crippen molar-refractivity contribution in [2.75, 3.05) is 0 Å². The van der Waals surface area contributed by atoms with Crippen LogP contribution < -0.4 is 0 Å². The first-order chi connectivity index (χ1) is 15.3. The molecule has 0 saturated carbocycles. The molecule has 0 atom stereocenters. The summed E-state index contributed by atoms with van der Waals surface area (Å²) in [4.78, 5) is 5.12. The molecule has 4 nitrogen and oxygen atoms in total. The summed E-state index contributed by atoms with van der Waals surface area (Å²) in [7, 11) is 0. The monoisotopic (exact) mass is 458 g/mol. The summed E-state index contributed by atoms with van der Waals surface area (Å²) in [5.74, 6) is 0.699. The Morgan fingerprint density at radius 3 is 2.06 bits per heavy atom. The third-order valence-electron chi connectivity index (χ3n) is 4.76. The van der Waals surface area contributed by atoms with Crippen molar-refractivity contribution < 1.29 is 0 Å². The number of nitrogens with zero attached hydrogens (tertiary/aromatic N) is 3. The van der Waals surface area contributed by atoms with E-state index in [4.69, 9.17) is 17.2 Å². The average Bonchev–Trinajstić information content (AvgIpc) is 3.43. The number of hydrogen-bond donors (Lipinski definition) is 1. The maximum Gasteiger partial charge on any atom is 0.176 e. The molecule has 0 aliphatic carbocycles. The number of nitrogens with one attached hydrogen (secondary N) is 1. The van der Waals surface area contributed by atoms with Gasteiger partial charge in [0.2, 0.25) is 0 Å². The van der Waals surface area contributed by atoms with E-state index >= 15 is 0 Å². The lowest BCUT2D eigenvalue weighted by atomic mass is 10.0. The zero-order valence-corrected chi connectivity index (χ0v) is 18.9. The van der Waals surface area contributed by atoms with E-state index in [1.165, 1.54) is 11.3 Å². The van der Waals surface area contributed by atoms with Crippen LogP contribution in [0.4, 0.5) is 0 Å². The standard InChI is InChI=1S/C24H18N4S3/c29-24-27-26-20(31-24)16-30-23-25-21(17-10-4-1-5-11-17)22(18-12-6-2-7-13-18)28(23)19-14-8-3-9-15-19/h1-15H,16H2,(H,27,29). The van der Waals surface area contributed by atoms with E-state index in [-0.39, 0.29) is 0 Å². The maximum absolute atomic E-state index is 5.19. The van der Waals surface area contributed by atoms with Gasteiger partial charge in [0.05, 0.1) is 17.1 Å². The van der Waals surface area contributed by atoms with Crippen LogP contribution in [0.3, 0.4) is 0 Å². The molecule has 0 fully saturated rings. The summed E-state index contributed by atoms with van der Waals surface area (Å²) < 4.78 is 2.94. The fourth-order valence-electron chi connectivity index (χ4n) is 3.42. The molecule has 0 bridgehead atoms. The predicted molar refractivity (Wildman–Crippen MR) is 131 cm³/mol. The van der Waals surface area contributed by atoms with Crippen molar-refractivity contribution in [3.05, 3.63) is 100.0 Å². The minimum absolute atomic E-state index is 0.692. The first kappa shape index (κ1) is 19.9. The largest absolute Gasteiger partial charge is 0.287 e. The number of benzene rings is 3. The van der Waals surface area contributed by atoms with Gasteiger partial charge in [0.25, 0.3) is 0 Å². The van der Waals surface area contributed by atoms with Gasteiger partial charge >= 0.3 is 0 Å². The molecule has 0 amide bonds. The number of thioether (sulfide) groups is 1. The zero-order chi connectivity index (χ0) is 21.0. The summed E-state index contributed by atoms with van der Waals surface area (Å²) in [6.45, 7) is 0. The number of aromatic amines is 1. The fraction of sp³-hybridized carbons (Fsp3) is 0.0417. The molecule has 2 aromatic heterocycles. The Bertz CT molecular complexity index is 1340. The van der Waals surface area contributed by atoms with Crippen LogP contribution in [0.15, 0.2) is 96.2 Å². The van der Waals surface area contributed by atoms with Gasteiger partial charge in [-0.25, -0.2) is 4.98 Å². The molecule has 1 N–H and O–H groups in total. The lowest BCUT2D eigenvalue weighted by molar-refractivity contribution is 0.899. The van der Waals surface area contributed by atoms with Gasteiger partial charge in [-0.2, -0.15) is 5.10 Å². The SMILES string of the molecule is S=c1[nH]nc(CSc2nc(-c3ccccc3)c(-c3ccccc3)n2-c2ccccc2)s1. The minimum Gasteiger partial charge on any atom is -0.287 e. The molecule has 0 radical (unpaired) electrons. The third kappa shape index (κ3) is 4.25. The lowest BCUT2D eigenvalue weighted by Gasteiger charge is -2.13. The topological polar surface area (TPSA) is 46.5 Å². The van der Waals surface area contributed by atoms with Gasteiger partial charge in [-0.05, 0) is 24.4 Å². The van der Waals surface area contributed by atoms with Crippen LogP contribution in [0.2, 0.25) is 0 Å². The Morgan fingerprint density at radius 1 is 0.839 bits per heavy atom. The Balaban J connectivity index is 1.71. The normalized spacial score (nSPS) is 11.0. The first-order valence-corrected chi connectivity index (χ1v) is 12.0. The van der Waals surface area contributed by atoms with Crippen molar-refractivity contribution in [2.45, 2.75) is 10.9 Å². The summed E-state index contributed by atoms with van der Waals surface area (Å²) in [5, 5.41) is 9.05. The third-order valence-corrected chi connectivity index (χ3v) is 6.98. The second kappa shape index (κ2) is 9.01. The van der Waals surface area contributed by atoms with Crippen LogP contribution in [0.5, 0.6) is 0 Å². The maximum atomic E-state index is 5.19. The highest BCUT2D eigenvalue weighted by molar-refractivity contribution is 7.98. The molecule has 5 aromatic rings. The van der Waals surface area contributed by atoms with Crippen molar-refractivity contribution >= 4 is 35.3 Å². The van der Waals surface area contributed by atoms with Gasteiger partial charge in [0.15, 0.2) is 9.11 Å². The molecule has 0 saturated heterocycles. The highest BCUT2D eigenvalue weighted by atomic mass is 32.2. The summed E-state index contributed by atoms with van der Waals surface area (Å²) >= 11 is 8.36. The van der Waals surface area contributed by atoms with Crippen molar-refractivity contribution in [3.63, 3.8) is 0 Å². The van der Waals surface area contributed by atoms with Crippen LogP contribution >= 0.6 is 35.3 Å². The van der Waals surface area contributed by atoms with Gasteiger partial charge in [0, 0.05) is 16.8 Å². The number of aromatic nitrogens is 4. The van der Waals surface area contributed by atoms with Crippen molar-refractivity contribution in [3.8, 4) is 28.2 Å². The average molecular weight is 459 g/mol. The molecular formula is C24H18N4S3. The molecular weight excluding hydrogens is 440 g/mol. The molecule has 0 aliphatic heterocycles. The van der Waals surface area contributed by atoms with E-state index in [9.17, 15) is 0 Å². The number of imidazole rings is 1. The summed E-state index contributed by atoms with van der Waals surface area (Å²) in [5.41, 5.74) is 5.34. The summed E-state index contributed by atoms with van der Waals surface area (Å²) in [6.07, 6.45) is 0. The molecule has 7 heteroatoms. The molecule has 0 spiro atoms. The van der Waals surface area contributed by atoms with Gasteiger partial charge in [0.1, 0.15) is 5.01 Å². The van der Waals surface area contributed by atoms with Gasteiger partial charge in [-0.3, -0.25) is 9.67 Å². The van der Waals surface area contributed by atoms with Gasteiger partial charge in [-0.15, -0.1) is 0 Å². The molecule has 152 valence electrons. The molecule has 3 aromatic carbocycles. The second-order valence-corrected chi connectivity index (χ2v) is 9.48. The van der Waals surface area contributed by atoms with E-state index in [2.05, 4.69) is 87.6 Å². The number of hydrogen-bond acceptors (Lipinski definition) is 5. The summed E-state index contributed by atoms with van der Waals surface area (Å²) in [6, 6.07) is 31.2. The van der Waals surface area contributed by atoms with Crippen molar-refractivity contribution in [1.82, 2.24) is 19.7 Å². The van der Waals surface area contributed by atoms with E-state index in [0.717, 1.165) is 38.4 Å². The molecule has 31 heavy (non-hydrogen) atoms. The Kier molecular flexibility index (Phi) is 5.80. The molecule has 0 unspecified atom stereocenters. The Labute approximate surface area is 193 Å². The molecule has 5 rings (SSSR count). The van der Waals surface area contributed by atoms with E-state index < -0.39 is 0 Å². The van der Waals surface area contributed by atoms with Crippen molar-refractivity contribution in [2.24, 2.45) is 0 Å². The van der Waals surface area contributed by atoms with Crippen LogP contribution in [0.1, 0.15) is 5.01 Å². The van der Waals surface area contributed by atoms with Crippen LogP contribution in [0.25, 0.3) is 28.2 Å². The van der Waals surface area contributed by atoms with Crippen molar-refractivity contribution in [1.29, 1.82) is 0 Å². The van der Waals surface area contributed by atoms with E-state index in [1.54, 1.807) is 11.8 Å². The van der Waals surface area contributed by atoms with Crippen LogP contribution in [0, 0.1) is 3.95 Å². The van der Waals surface area contributed by atoms with Crippen LogP contribution in [-0.4, -0.2) is 19.7 Å². The Hall–Kier alpha value is -3.00. The second-order valence-electron chi connectivity index (χ2n) is 6.79. The highest BCUT2D eigenvalue weighted by Gasteiger charge is 2.21. The zero-order valence-electron chi connectivity index (χ0n) is 16.4. The predicted octanol–water partition coefficient (Wildman–Crippen LogP) is 7.01. The van der Waals surface area contributed by atoms with Gasteiger partial charge < -0.3 is 0 Å². The molecule has 0 aliphatic rings. The number of rotatable bonds is 6. The smallest absolute Gasteiger partial charge is 0.176 e.